The zero-order valence-corrected chi connectivity index (χ0v) is 18.8. The van der Waals surface area contributed by atoms with Crippen molar-refractivity contribution in [1.82, 2.24) is 9.97 Å². The predicted octanol–water partition coefficient (Wildman–Crippen LogP) is 4.74. The Hall–Kier alpha value is -1.11. The molecule has 0 radical (unpaired) electrons. The summed E-state index contributed by atoms with van der Waals surface area (Å²) in [5, 5.41) is 3.30. The van der Waals surface area contributed by atoms with Gasteiger partial charge in [-0.25, -0.2) is 4.98 Å². The van der Waals surface area contributed by atoms with Crippen LogP contribution in [0.4, 0.5) is 5.82 Å². The Bertz CT molecular complexity index is 511. The van der Waals surface area contributed by atoms with E-state index in [0.717, 1.165) is 18.8 Å². The van der Waals surface area contributed by atoms with E-state index >= 15 is 0 Å². The first-order valence-corrected chi connectivity index (χ1v) is 11.9. The number of nitrogens with zero attached hydrogens (tertiary/aromatic N) is 1. The maximum atomic E-state index is 6.34. The summed E-state index contributed by atoms with van der Waals surface area (Å²) in [5.74, 6) is 2.23. The van der Waals surface area contributed by atoms with Gasteiger partial charge in [-0.2, -0.15) is 0 Å². The lowest BCUT2D eigenvalue weighted by molar-refractivity contribution is -0.0433. The van der Waals surface area contributed by atoms with Crippen LogP contribution >= 0.6 is 0 Å². The highest BCUT2D eigenvalue weighted by molar-refractivity contribution is 5.29. The number of ether oxygens (including phenoxy) is 2. The van der Waals surface area contributed by atoms with E-state index in [9.17, 15) is 0 Å². The maximum absolute atomic E-state index is 6.34. The minimum atomic E-state index is -0.107. The first-order chi connectivity index (χ1) is 14.2. The molecule has 1 aromatic rings. The maximum Gasteiger partial charge on any atom is 0.123 e. The van der Waals surface area contributed by atoms with Gasteiger partial charge in [0.1, 0.15) is 5.82 Å². The number of anilines is 1. The summed E-state index contributed by atoms with van der Waals surface area (Å²) in [7, 11) is 0. The van der Waals surface area contributed by atoms with Crippen LogP contribution in [0.15, 0.2) is 12.5 Å². The molecule has 3 unspecified atom stereocenters. The Balaban J connectivity index is 1.63. The number of H-pyrrole nitrogens is 1. The van der Waals surface area contributed by atoms with Gasteiger partial charge >= 0.3 is 0 Å². The van der Waals surface area contributed by atoms with Crippen LogP contribution in [0.3, 0.4) is 0 Å². The Morgan fingerprint density at radius 1 is 1.21 bits per heavy atom. The molecule has 0 aliphatic heterocycles. The third kappa shape index (κ3) is 9.06. The number of nitrogens with two attached hydrogens (primary N) is 1. The zero-order valence-electron chi connectivity index (χ0n) is 18.8. The fourth-order valence-corrected chi connectivity index (χ4v) is 4.33. The number of aromatic nitrogens is 2. The Morgan fingerprint density at radius 3 is 2.66 bits per heavy atom. The smallest absolute Gasteiger partial charge is 0.123 e. The minimum absolute atomic E-state index is 0.107. The summed E-state index contributed by atoms with van der Waals surface area (Å²) in [4.78, 5) is 7.07. The quantitative estimate of drug-likeness (QED) is 0.288. The first kappa shape index (κ1) is 24.2. The topological polar surface area (TPSA) is 85.2 Å². The van der Waals surface area contributed by atoms with Crippen molar-refractivity contribution < 1.29 is 9.47 Å². The number of imidazole rings is 1. The van der Waals surface area contributed by atoms with Gasteiger partial charge in [-0.3, -0.25) is 0 Å². The molecule has 0 spiro atoms. The van der Waals surface area contributed by atoms with E-state index in [1.165, 1.54) is 57.8 Å². The molecule has 1 aromatic heterocycles. The fraction of sp³-hybridized carbons (Fsp3) is 0.870. The van der Waals surface area contributed by atoms with Crippen LogP contribution in [0.25, 0.3) is 0 Å². The van der Waals surface area contributed by atoms with Gasteiger partial charge in [-0.05, 0) is 18.3 Å². The summed E-state index contributed by atoms with van der Waals surface area (Å²) < 4.78 is 12.1. The van der Waals surface area contributed by atoms with Gasteiger partial charge in [0.15, 0.2) is 0 Å². The molecule has 168 valence electrons. The lowest BCUT2D eigenvalue weighted by Gasteiger charge is -2.22. The van der Waals surface area contributed by atoms with Crippen molar-refractivity contribution in [3.8, 4) is 0 Å². The van der Waals surface area contributed by atoms with Crippen molar-refractivity contribution >= 4 is 5.82 Å². The van der Waals surface area contributed by atoms with Crippen LogP contribution in [-0.2, 0) is 9.47 Å². The third-order valence-corrected chi connectivity index (χ3v) is 6.19. The highest BCUT2D eigenvalue weighted by Gasteiger charge is 2.57. The third-order valence-electron chi connectivity index (χ3n) is 6.19. The van der Waals surface area contributed by atoms with Crippen molar-refractivity contribution in [1.29, 1.82) is 0 Å². The number of hydrogen-bond acceptors (Lipinski definition) is 5. The van der Waals surface area contributed by atoms with E-state index in [-0.39, 0.29) is 5.60 Å². The first-order valence-electron chi connectivity index (χ1n) is 11.9. The normalized spacial score (nSPS) is 22.0. The summed E-state index contributed by atoms with van der Waals surface area (Å²) in [6.45, 7) is 7.95. The van der Waals surface area contributed by atoms with Gasteiger partial charge in [0.05, 0.1) is 37.9 Å². The van der Waals surface area contributed by atoms with E-state index in [2.05, 4.69) is 29.1 Å². The molecule has 3 atom stereocenters. The van der Waals surface area contributed by atoms with E-state index in [1.807, 2.05) is 0 Å². The van der Waals surface area contributed by atoms with E-state index < -0.39 is 0 Å². The van der Waals surface area contributed by atoms with Crippen LogP contribution in [-0.4, -0.2) is 48.5 Å². The molecular formula is C23H44N4O2. The Morgan fingerprint density at radius 2 is 1.97 bits per heavy atom. The lowest BCUT2D eigenvalue weighted by atomic mass is 9.95. The summed E-state index contributed by atoms with van der Waals surface area (Å²) >= 11 is 0. The second kappa shape index (κ2) is 14.0. The molecule has 0 amide bonds. The molecule has 0 aromatic carbocycles. The second-order valence-corrected chi connectivity index (χ2v) is 8.70. The highest BCUT2D eigenvalue weighted by Crippen LogP contribution is 2.52. The molecule has 1 aliphatic carbocycles. The molecule has 0 bridgehead atoms. The predicted molar refractivity (Wildman–Crippen MR) is 120 cm³/mol. The monoisotopic (exact) mass is 408 g/mol. The summed E-state index contributed by atoms with van der Waals surface area (Å²) in [6, 6.07) is 0. The molecule has 6 heteroatoms. The molecule has 4 N–H and O–H groups in total. The van der Waals surface area contributed by atoms with Crippen molar-refractivity contribution in [2.45, 2.75) is 83.7 Å². The number of nitrogens with one attached hydrogen (secondary N) is 2. The Labute approximate surface area is 177 Å². The van der Waals surface area contributed by atoms with Crippen LogP contribution in [0.1, 0.15) is 78.1 Å². The summed E-state index contributed by atoms with van der Waals surface area (Å²) in [5.41, 5.74) is 5.49. The lowest BCUT2D eigenvalue weighted by Crippen LogP contribution is -2.30. The van der Waals surface area contributed by atoms with Gasteiger partial charge in [0.25, 0.3) is 0 Å². The average molecular weight is 409 g/mol. The van der Waals surface area contributed by atoms with Crippen molar-refractivity contribution in [2.24, 2.45) is 17.6 Å². The van der Waals surface area contributed by atoms with Gasteiger partial charge in [0.2, 0.25) is 0 Å². The average Bonchev–Trinajstić information content (AvgIpc) is 3.18. The number of unbranched alkanes of at least 4 members (excludes halogenated alkanes) is 7. The SMILES string of the molecule is CCCCCCCCCCC(C)C1CC1(COCCN)OCCNc1cnc[nH]1. The van der Waals surface area contributed by atoms with E-state index in [4.69, 9.17) is 15.2 Å². The molecule has 0 saturated heterocycles. The van der Waals surface area contributed by atoms with Crippen LogP contribution in [0.2, 0.25) is 0 Å². The van der Waals surface area contributed by atoms with Crippen LogP contribution < -0.4 is 11.1 Å². The van der Waals surface area contributed by atoms with Gasteiger partial charge in [0, 0.05) is 13.1 Å². The van der Waals surface area contributed by atoms with Crippen LogP contribution in [0.5, 0.6) is 0 Å². The van der Waals surface area contributed by atoms with E-state index in [0.29, 0.717) is 38.2 Å². The van der Waals surface area contributed by atoms with Gasteiger partial charge in [-0.15, -0.1) is 0 Å². The molecule has 2 rings (SSSR count). The van der Waals surface area contributed by atoms with Gasteiger partial charge < -0.3 is 25.5 Å². The standard InChI is InChI=1S/C23H44N4O2/c1-3-4-5-6-7-8-9-10-11-20(2)21-16-23(21,18-28-14-12-24)29-15-13-26-22-17-25-19-27-22/h17,19-21,26H,3-16,18,24H2,1-2H3,(H,25,27). The minimum Gasteiger partial charge on any atom is -0.377 e. The number of aromatic amines is 1. The molecule has 29 heavy (non-hydrogen) atoms. The molecule has 1 saturated carbocycles. The Kier molecular flexibility index (Phi) is 11.7. The number of hydrogen-bond donors (Lipinski definition) is 3. The van der Waals surface area contributed by atoms with E-state index in [1.54, 1.807) is 12.5 Å². The summed E-state index contributed by atoms with van der Waals surface area (Å²) in [6.07, 6.45) is 16.9. The van der Waals surface area contributed by atoms with Crippen molar-refractivity contribution in [3.63, 3.8) is 0 Å². The highest BCUT2D eigenvalue weighted by atomic mass is 16.5. The van der Waals surface area contributed by atoms with Crippen molar-refractivity contribution in [3.05, 3.63) is 12.5 Å². The van der Waals surface area contributed by atoms with Gasteiger partial charge in [-0.1, -0.05) is 71.6 Å². The number of rotatable bonds is 19. The molecule has 1 fully saturated rings. The van der Waals surface area contributed by atoms with Crippen LogP contribution in [0, 0.1) is 11.8 Å². The van der Waals surface area contributed by atoms with Crippen molar-refractivity contribution in [2.75, 3.05) is 38.2 Å². The molecular weight excluding hydrogens is 364 g/mol. The molecule has 1 aliphatic rings. The molecule has 1 heterocycles. The fourth-order valence-electron chi connectivity index (χ4n) is 4.33. The largest absolute Gasteiger partial charge is 0.377 e. The molecule has 6 nitrogen and oxygen atoms in total. The zero-order chi connectivity index (χ0) is 20.8. The second-order valence-electron chi connectivity index (χ2n) is 8.70.